The Morgan fingerprint density at radius 3 is 2.86 bits per heavy atom. The minimum absolute atomic E-state index is 0.0605. The zero-order valence-electron chi connectivity index (χ0n) is 13.1. The normalized spacial score (nSPS) is 16.4. The quantitative estimate of drug-likeness (QED) is 0.864. The van der Waals surface area contributed by atoms with Crippen LogP contribution < -0.4 is 5.32 Å². The third-order valence-electron chi connectivity index (χ3n) is 3.86. The molecule has 0 aromatic carbocycles. The average molecular weight is 295 g/mol. The first kappa shape index (κ1) is 16.0. The van der Waals surface area contributed by atoms with Crippen LogP contribution in [0.1, 0.15) is 42.9 Å². The molecule has 6 heteroatoms. The molecule has 1 amide bonds. The first-order chi connectivity index (χ1) is 10.1. The third-order valence-corrected chi connectivity index (χ3v) is 3.86. The fourth-order valence-electron chi connectivity index (χ4n) is 2.64. The first-order valence-corrected chi connectivity index (χ1v) is 7.58. The molecule has 1 aliphatic rings. The van der Waals surface area contributed by atoms with Crippen molar-refractivity contribution in [1.29, 1.82) is 0 Å². The molecule has 0 spiro atoms. The van der Waals surface area contributed by atoms with Crippen molar-refractivity contribution in [2.45, 2.75) is 39.3 Å². The maximum absolute atomic E-state index is 12.6. The van der Waals surface area contributed by atoms with Crippen molar-refractivity contribution in [3.8, 4) is 0 Å². The van der Waals surface area contributed by atoms with Crippen molar-refractivity contribution in [3.63, 3.8) is 0 Å². The number of rotatable bonds is 6. The molecule has 0 bridgehead atoms. The standard InChI is InChI=1S/C15H25N3O3/c1-11(2)18(9-12-4-6-16-7-5-12)15(19)14-8-13(10-20-3)21-17-14/h8,11-12,16H,4-7,9-10H2,1-3H3. The number of methoxy groups -OCH3 is 1. The highest BCUT2D eigenvalue weighted by Gasteiger charge is 2.26. The van der Waals surface area contributed by atoms with Gasteiger partial charge in [0.1, 0.15) is 6.61 Å². The van der Waals surface area contributed by atoms with E-state index in [9.17, 15) is 4.79 Å². The summed E-state index contributed by atoms with van der Waals surface area (Å²) in [5, 5.41) is 7.22. The van der Waals surface area contributed by atoms with Gasteiger partial charge in [-0.2, -0.15) is 0 Å². The zero-order chi connectivity index (χ0) is 15.2. The second-order valence-corrected chi connectivity index (χ2v) is 5.86. The number of nitrogens with zero attached hydrogens (tertiary/aromatic N) is 2. The Morgan fingerprint density at radius 2 is 2.24 bits per heavy atom. The minimum Gasteiger partial charge on any atom is -0.377 e. The second kappa shape index (κ2) is 7.56. The number of aromatic nitrogens is 1. The van der Waals surface area contributed by atoms with Gasteiger partial charge in [-0.25, -0.2) is 0 Å². The van der Waals surface area contributed by atoms with E-state index in [1.165, 1.54) is 0 Å². The fraction of sp³-hybridized carbons (Fsp3) is 0.733. The van der Waals surface area contributed by atoms with Gasteiger partial charge in [0.15, 0.2) is 11.5 Å². The molecule has 1 fully saturated rings. The molecule has 118 valence electrons. The van der Waals surface area contributed by atoms with E-state index in [4.69, 9.17) is 9.26 Å². The summed E-state index contributed by atoms with van der Waals surface area (Å²) in [6.45, 7) is 7.25. The van der Waals surface area contributed by atoms with E-state index in [-0.39, 0.29) is 11.9 Å². The van der Waals surface area contributed by atoms with Gasteiger partial charge in [-0.05, 0) is 45.7 Å². The SMILES string of the molecule is COCc1cc(C(=O)N(CC2CCNCC2)C(C)C)no1. The molecule has 1 N–H and O–H groups in total. The highest BCUT2D eigenvalue weighted by molar-refractivity contribution is 5.92. The van der Waals surface area contributed by atoms with Gasteiger partial charge in [0, 0.05) is 25.8 Å². The van der Waals surface area contributed by atoms with Gasteiger partial charge in [-0.1, -0.05) is 5.16 Å². The molecule has 1 aromatic heterocycles. The van der Waals surface area contributed by atoms with Crippen molar-refractivity contribution < 1.29 is 14.1 Å². The Kier molecular flexibility index (Phi) is 5.76. The van der Waals surface area contributed by atoms with Crippen LogP contribution in [0.25, 0.3) is 0 Å². The fourth-order valence-corrected chi connectivity index (χ4v) is 2.64. The van der Waals surface area contributed by atoms with Crippen LogP contribution in [-0.4, -0.2) is 48.7 Å². The van der Waals surface area contributed by atoms with Crippen molar-refractivity contribution in [2.24, 2.45) is 5.92 Å². The van der Waals surface area contributed by atoms with Crippen LogP contribution in [0, 0.1) is 5.92 Å². The van der Waals surface area contributed by atoms with Crippen LogP contribution in [-0.2, 0) is 11.3 Å². The lowest BCUT2D eigenvalue weighted by atomic mass is 9.97. The molecule has 1 aromatic rings. The summed E-state index contributed by atoms with van der Waals surface area (Å²) in [4.78, 5) is 14.5. The van der Waals surface area contributed by atoms with Crippen molar-refractivity contribution in [2.75, 3.05) is 26.7 Å². The molecule has 0 radical (unpaired) electrons. The zero-order valence-corrected chi connectivity index (χ0v) is 13.1. The smallest absolute Gasteiger partial charge is 0.276 e. The van der Waals surface area contributed by atoms with Gasteiger partial charge in [0.05, 0.1) is 0 Å². The van der Waals surface area contributed by atoms with E-state index >= 15 is 0 Å². The number of piperidine rings is 1. The van der Waals surface area contributed by atoms with E-state index in [2.05, 4.69) is 10.5 Å². The maximum Gasteiger partial charge on any atom is 0.276 e. The van der Waals surface area contributed by atoms with Crippen LogP contribution in [0.3, 0.4) is 0 Å². The average Bonchev–Trinajstić information content (AvgIpc) is 2.94. The Morgan fingerprint density at radius 1 is 1.52 bits per heavy atom. The van der Waals surface area contributed by atoms with Crippen LogP contribution in [0.2, 0.25) is 0 Å². The maximum atomic E-state index is 12.6. The van der Waals surface area contributed by atoms with Crippen molar-refractivity contribution in [1.82, 2.24) is 15.4 Å². The number of ether oxygens (including phenoxy) is 1. The highest BCUT2D eigenvalue weighted by atomic mass is 16.5. The molecule has 0 saturated carbocycles. The van der Waals surface area contributed by atoms with E-state index < -0.39 is 0 Å². The molecule has 0 atom stereocenters. The number of amides is 1. The summed E-state index contributed by atoms with van der Waals surface area (Å²) in [6, 6.07) is 1.82. The van der Waals surface area contributed by atoms with Crippen LogP contribution >= 0.6 is 0 Å². The van der Waals surface area contributed by atoms with Crippen LogP contribution in [0.5, 0.6) is 0 Å². The van der Waals surface area contributed by atoms with Gasteiger partial charge >= 0.3 is 0 Å². The number of hydrogen-bond acceptors (Lipinski definition) is 5. The van der Waals surface area contributed by atoms with E-state index in [0.29, 0.717) is 24.0 Å². The largest absolute Gasteiger partial charge is 0.377 e. The highest BCUT2D eigenvalue weighted by Crippen LogP contribution is 2.17. The first-order valence-electron chi connectivity index (χ1n) is 7.58. The molecule has 6 nitrogen and oxygen atoms in total. The van der Waals surface area contributed by atoms with Crippen LogP contribution in [0.15, 0.2) is 10.6 Å². The Bertz CT molecular complexity index is 453. The van der Waals surface area contributed by atoms with Crippen molar-refractivity contribution in [3.05, 3.63) is 17.5 Å². The predicted octanol–water partition coefficient (Wildman–Crippen LogP) is 1.67. The van der Waals surface area contributed by atoms with E-state index in [0.717, 1.165) is 32.5 Å². The summed E-state index contributed by atoms with van der Waals surface area (Å²) < 4.78 is 10.1. The Labute approximate surface area is 125 Å². The molecule has 21 heavy (non-hydrogen) atoms. The summed E-state index contributed by atoms with van der Waals surface area (Å²) in [5.74, 6) is 1.07. The molecule has 2 rings (SSSR count). The lowest BCUT2D eigenvalue weighted by Gasteiger charge is -2.32. The molecule has 0 unspecified atom stereocenters. The van der Waals surface area contributed by atoms with Gasteiger partial charge in [0.2, 0.25) is 0 Å². The molecular weight excluding hydrogens is 270 g/mol. The molecule has 1 saturated heterocycles. The molecule has 2 heterocycles. The van der Waals surface area contributed by atoms with Gasteiger partial charge in [-0.15, -0.1) is 0 Å². The van der Waals surface area contributed by atoms with Gasteiger partial charge in [0.25, 0.3) is 5.91 Å². The third kappa shape index (κ3) is 4.28. The minimum atomic E-state index is -0.0605. The molecule has 0 aliphatic carbocycles. The Hall–Kier alpha value is -1.40. The number of nitrogens with one attached hydrogen (secondary N) is 1. The molecule has 1 aliphatic heterocycles. The summed E-state index contributed by atoms with van der Waals surface area (Å²) in [5.41, 5.74) is 0.365. The van der Waals surface area contributed by atoms with Gasteiger partial charge < -0.3 is 19.5 Å². The topological polar surface area (TPSA) is 67.6 Å². The Balaban J connectivity index is 2.03. The predicted molar refractivity (Wildman–Crippen MR) is 79.0 cm³/mol. The lowest BCUT2D eigenvalue weighted by Crippen LogP contribution is -2.43. The van der Waals surface area contributed by atoms with Crippen LogP contribution in [0.4, 0.5) is 0 Å². The van der Waals surface area contributed by atoms with E-state index in [1.807, 2.05) is 18.7 Å². The number of carbonyl (C=O) groups excluding carboxylic acids is 1. The second-order valence-electron chi connectivity index (χ2n) is 5.86. The van der Waals surface area contributed by atoms with Gasteiger partial charge in [-0.3, -0.25) is 4.79 Å². The van der Waals surface area contributed by atoms with Crippen molar-refractivity contribution >= 4 is 5.91 Å². The van der Waals surface area contributed by atoms with E-state index in [1.54, 1.807) is 13.2 Å². The molecular formula is C15H25N3O3. The monoisotopic (exact) mass is 295 g/mol. The summed E-state index contributed by atoms with van der Waals surface area (Å²) >= 11 is 0. The number of carbonyl (C=O) groups is 1. The summed E-state index contributed by atoms with van der Waals surface area (Å²) in [6.07, 6.45) is 2.23. The summed E-state index contributed by atoms with van der Waals surface area (Å²) in [7, 11) is 1.58. The number of hydrogen-bond donors (Lipinski definition) is 1. The lowest BCUT2D eigenvalue weighted by molar-refractivity contribution is 0.0647.